The van der Waals surface area contributed by atoms with Crippen LogP contribution in [0.4, 0.5) is 5.69 Å². The summed E-state index contributed by atoms with van der Waals surface area (Å²) in [6.07, 6.45) is 5.34. The number of nitrogens with one attached hydrogen (secondary N) is 1. The Labute approximate surface area is 126 Å². The second-order valence-corrected chi connectivity index (χ2v) is 4.94. The first-order valence-corrected chi connectivity index (χ1v) is 6.65. The minimum Gasteiger partial charge on any atom is -0.496 e. The third-order valence-corrected chi connectivity index (χ3v) is 3.19. The van der Waals surface area contributed by atoms with Crippen molar-refractivity contribution in [3.8, 4) is 18.1 Å². The molecule has 0 fully saturated rings. The largest absolute Gasteiger partial charge is 0.496 e. The van der Waals surface area contributed by atoms with Gasteiger partial charge in [0, 0.05) is 15.7 Å². The number of rotatable bonds is 3. The number of methoxy groups -OCH3 is 1. The van der Waals surface area contributed by atoms with E-state index < -0.39 is 0 Å². The molecule has 3 nitrogen and oxygen atoms in total. The van der Waals surface area contributed by atoms with Crippen molar-refractivity contribution in [2.75, 3.05) is 12.4 Å². The smallest absolute Gasteiger partial charge is 0.259 e. The fourth-order valence-corrected chi connectivity index (χ4v) is 2.10. The first kappa shape index (κ1) is 14.2. The molecule has 0 aliphatic carbocycles. The van der Waals surface area contributed by atoms with Gasteiger partial charge in [0.2, 0.25) is 0 Å². The van der Waals surface area contributed by atoms with Crippen molar-refractivity contribution in [2.45, 2.75) is 0 Å². The lowest BCUT2D eigenvalue weighted by molar-refractivity contribution is 0.102. The van der Waals surface area contributed by atoms with E-state index in [0.29, 0.717) is 22.6 Å². The molecule has 0 unspecified atom stereocenters. The lowest BCUT2D eigenvalue weighted by Crippen LogP contribution is -2.13. The lowest BCUT2D eigenvalue weighted by Gasteiger charge is -2.10. The molecule has 0 aliphatic heterocycles. The Bertz CT molecular complexity index is 689. The third kappa shape index (κ3) is 3.19. The fourth-order valence-electron chi connectivity index (χ4n) is 1.74. The second kappa shape index (κ2) is 6.27. The Hall–Kier alpha value is -2.25. The van der Waals surface area contributed by atoms with Crippen LogP contribution in [0.1, 0.15) is 15.9 Å². The normalized spacial score (nSPS) is 9.65. The van der Waals surface area contributed by atoms with E-state index in [2.05, 4.69) is 27.2 Å². The van der Waals surface area contributed by atoms with Crippen molar-refractivity contribution in [2.24, 2.45) is 0 Å². The Morgan fingerprint density at radius 1 is 1.30 bits per heavy atom. The summed E-state index contributed by atoms with van der Waals surface area (Å²) in [6.45, 7) is 0. The van der Waals surface area contributed by atoms with Crippen LogP contribution in [-0.2, 0) is 0 Å². The summed E-state index contributed by atoms with van der Waals surface area (Å²) >= 11 is 3.34. The molecule has 0 aromatic heterocycles. The Balaban J connectivity index is 2.28. The molecule has 2 aromatic rings. The number of anilines is 1. The molecule has 20 heavy (non-hydrogen) atoms. The van der Waals surface area contributed by atoms with E-state index in [-0.39, 0.29) is 5.91 Å². The van der Waals surface area contributed by atoms with Crippen molar-refractivity contribution in [3.05, 3.63) is 58.1 Å². The Morgan fingerprint density at radius 3 is 2.80 bits per heavy atom. The minimum absolute atomic E-state index is 0.252. The maximum Gasteiger partial charge on any atom is 0.259 e. The SMILES string of the molecule is C#Cc1cccc(NC(=O)c2cc(Br)ccc2OC)c1. The molecule has 100 valence electrons. The number of carbonyl (C=O) groups is 1. The molecule has 1 N–H and O–H groups in total. The van der Waals surface area contributed by atoms with Crippen molar-refractivity contribution in [1.29, 1.82) is 0 Å². The highest BCUT2D eigenvalue weighted by Gasteiger charge is 2.13. The fraction of sp³-hybridized carbons (Fsp3) is 0.0625. The number of carbonyl (C=O) groups excluding carboxylic acids is 1. The summed E-state index contributed by atoms with van der Waals surface area (Å²) in [7, 11) is 1.53. The molecule has 0 atom stereocenters. The van der Waals surface area contributed by atoms with Crippen molar-refractivity contribution in [3.63, 3.8) is 0 Å². The van der Waals surface area contributed by atoms with Gasteiger partial charge in [-0.2, -0.15) is 0 Å². The van der Waals surface area contributed by atoms with Gasteiger partial charge in [-0.1, -0.05) is 27.9 Å². The predicted octanol–water partition coefficient (Wildman–Crippen LogP) is 3.69. The van der Waals surface area contributed by atoms with Crippen LogP contribution in [0.5, 0.6) is 5.75 Å². The van der Waals surface area contributed by atoms with Gasteiger partial charge < -0.3 is 10.1 Å². The number of halogens is 1. The monoisotopic (exact) mass is 329 g/mol. The topological polar surface area (TPSA) is 38.3 Å². The standard InChI is InChI=1S/C16H12BrNO2/c1-3-11-5-4-6-13(9-11)18-16(19)14-10-12(17)7-8-15(14)20-2/h1,4-10H,2H3,(H,18,19). The molecule has 0 bridgehead atoms. The highest BCUT2D eigenvalue weighted by molar-refractivity contribution is 9.10. The summed E-state index contributed by atoms with van der Waals surface area (Å²) in [4.78, 5) is 12.3. The number of benzene rings is 2. The van der Waals surface area contributed by atoms with Crippen LogP contribution in [0.2, 0.25) is 0 Å². The lowest BCUT2D eigenvalue weighted by atomic mass is 10.1. The maximum atomic E-state index is 12.3. The van der Waals surface area contributed by atoms with Gasteiger partial charge in [0.25, 0.3) is 5.91 Å². The molecule has 2 rings (SSSR count). The molecule has 0 saturated heterocycles. The quantitative estimate of drug-likeness (QED) is 0.872. The minimum atomic E-state index is -0.252. The second-order valence-electron chi connectivity index (χ2n) is 4.02. The van der Waals surface area contributed by atoms with Crippen molar-refractivity contribution < 1.29 is 9.53 Å². The van der Waals surface area contributed by atoms with Crippen LogP contribution in [0.15, 0.2) is 46.9 Å². The van der Waals surface area contributed by atoms with E-state index in [9.17, 15) is 4.79 Å². The molecule has 0 aliphatic rings. The van der Waals surface area contributed by atoms with Gasteiger partial charge >= 0.3 is 0 Å². The molecule has 0 spiro atoms. The molecule has 0 radical (unpaired) electrons. The van der Waals surface area contributed by atoms with Crippen LogP contribution in [0, 0.1) is 12.3 Å². The van der Waals surface area contributed by atoms with Crippen molar-refractivity contribution in [1.82, 2.24) is 0 Å². The van der Waals surface area contributed by atoms with Gasteiger partial charge in [-0.05, 0) is 36.4 Å². The number of hydrogen-bond donors (Lipinski definition) is 1. The first-order valence-electron chi connectivity index (χ1n) is 5.85. The van der Waals surface area contributed by atoms with E-state index in [4.69, 9.17) is 11.2 Å². The van der Waals surface area contributed by atoms with Gasteiger partial charge in [-0.25, -0.2) is 0 Å². The molecule has 2 aromatic carbocycles. The average Bonchev–Trinajstić information content (AvgIpc) is 2.47. The van der Waals surface area contributed by atoms with E-state index in [0.717, 1.165) is 4.47 Å². The van der Waals surface area contributed by atoms with E-state index >= 15 is 0 Å². The molecule has 0 saturated carbocycles. The molecular formula is C16H12BrNO2. The van der Waals surface area contributed by atoms with Gasteiger partial charge in [0.05, 0.1) is 12.7 Å². The molecule has 0 heterocycles. The number of terminal acetylenes is 1. The third-order valence-electron chi connectivity index (χ3n) is 2.69. The average molecular weight is 330 g/mol. The van der Waals surface area contributed by atoms with Crippen LogP contribution >= 0.6 is 15.9 Å². The molecule has 1 amide bonds. The predicted molar refractivity (Wildman–Crippen MR) is 83.0 cm³/mol. The zero-order chi connectivity index (χ0) is 14.5. The van der Waals surface area contributed by atoms with Crippen LogP contribution in [0.3, 0.4) is 0 Å². The zero-order valence-corrected chi connectivity index (χ0v) is 12.4. The number of amides is 1. The van der Waals surface area contributed by atoms with Crippen LogP contribution in [0.25, 0.3) is 0 Å². The van der Waals surface area contributed by atoms with E-state index in [1.807, 2.05) is 6.07 Å². The highest BCUT2D eigenvalue weighted by Crippen LogP contribution is 2.24. The number of hydrogen-bond acceptors (Lipinski definition) is 2. The Kier molecular flexibility index (Phi) is 4.44. The van der Waals surface area contributed by atoms with Gasteiger partial charge in [-0.3, -0.25) is 4.79 Å². The van der Waals surface area contributed by atoms with Crippen molar-refractivity contribution >= 4 is 27.5 Å². The van der Waals surface area contributed by atoms with Gasteiger partial charge in [0.15, 0.2) is 0 Å². The maximum absolute atomic E-state index is 12.3. The van der Waals surface area contributed by atoms with Gasteiger partial charge in [-0.15, -0.1) is 6.42 Å². The van der Waals surface area contributed by atoms with E-state index in [1.165, 1.54) is 7.11 Å². The Morgan fingerprint density at radius 2 is 2.10 bits per heavy atom. The summed E-state index contributed by atoms with van der Waals surface area (Å²) in [5.41, 5.74) is 1.81. The number of ether oxygens (including phenoxy) is 1. The molecule has 4 heteroatoms. The summed E-state index contributed by atoms with van der Waals surface area (Å²) in [5, 5.41) is 2.80. The van der Waals surface area contributed by atoms with E-state index in [1.54, 1.807) is 36.4 Å². The molecular weight excluding hydrogens is 318 g/mol. The van der Waals surface area contributed by atoms with Crippen LogP contribution in [-0.4, -0.2) is 13.0 Å². The summed E-state index contributed by atoms with van der Waals surface area (Å²) < 4.78 is 6.00. The summed E-state index contributed by atoms with van der Waals surface area (Å²) in [6, 6.07) is 12.4. The summed E-state index contributed by atoms with van der Waals surface area (Å²) in [5.74, 6) is 2.79. The van der Waals surface area contributed by atoms with Crippen LogP contribution < -0.4 is 10.1 Å². The highest BCUT2D eigenvalue weighted by atomic mass is 79.9. The first-order chi connectivity index (χ1) is 9.63. The van der Waals surface area contributed by atoms with Gasteiger partial charge in [0.1, 0.15) is 5.75 Å². The zero-order valence-electron chi connectivity index (χ0n) is 10.8.